The topological polar surface area (TPSA) is 72.1 Å². The number of Topliss-reactive ketones (excluding diaryl/α,β-unsaturated/α-hetero) is 1. The van der Waals surface area contributed by atoms with E-state index in [1.807, 2.05) is 7.05 Å². The van der Waals surface area contributed by atoms with Gasteiger partial charge in [0.15, 0.2) is 5.15 Å². The molecule has 0 bridgehead atoms. The molecule has 1 aliphatic heterocycles. The summed E-state index contributed by atoms with van der Waals surface area (Å²) in [5, 5.41) is 0.196. The van der Waals surface area contributed by atoms with Crippen molar-refractivity contribution in [1.82, 2.24) is 14.9 Å². The van der Waals surface area contributed by atoms with Crippen LogP contribution in [0.1, 0.15) is 25.0 Å². The normalized spacial score (nSPS) is 17.8. The summed E-state index contributed by atoms with van der Waals surface area (Å²) in [6.45, 7) is 0.955. The lowest BCUT2D eigenvalue weighted by Crippen LogP contribution is -2.33. The summed E-state index contributed by atoms with van der Waals surface area (Å²) >= 11 is 6.23. The number of hydrogen-bond donors (Lipinski definition) is 1. The van der Waals surface area contributed by atoms with Gasteiger partial charge in [0.1, 0.15) is 23.1 Å². The van der Waals surface area contributed by atoms with E-state index in [1.165, 1.54) is 12.1 Å². The Hall–Kier alpha value is -2.05. The van der Waals surface area contributed by atoms with Crippen molar-refractivity contribution < 1.29 is 9.18 Å². The molecule has 7 heteroatoms. The molecule has 2 N–H and O–H groups in total. The number of anilines is 1. The van der Waals surface area contributed by atoms with Crippen molar-refractivity contribution in [3.63, 3.8) is 0 Å². The van der Waals surface area contributed by atoms with Gasteiger partial charge >= 0.3 is 0 Å². The smallest absolute Gasteiger partial charge is 0.155 e. The zero-order valence-corrected chi connectivity index (χ0v) is 14.8. The Morgan fingerprint density at radius 2 is 2.08 bits per heavy atom. The molecule has 1 fully saturated rings. The van der Waals surface area contributed by atoms with Crippen LogP contribution in [0, 0.1) is 5.82 Å². The molecule has 0 spiro atoms. The minimum atomic E-state index is -0.340. The number of halogens is 2. The van der Waals surface area contributed by atoms with Crippen LogP contribution in [0.5, 0.6) is 0 Å². The third kappa shape index (κ3) is 3.96. The molecule has 1 atom stereocenters. The Morgan fingerprint density at radius 3 is 2.72 bits per heavy atom. The van der Waals surface area contributed by atoms with Crippen molar-refractivity contribution in [3.05, 3.63) is 40.9 Å². The van der Waals surface area contributed by atoms with E-state index < -0.39 is 0 Å². The monoisotopic (exact) mass is 362 g/mol. The lowest BCUT2D eigenvalue weighted by Gasteiger charge is -2.18. The second-order valence-corrected chi connectivity index (χ2v) is 6.66. The van der Waals surface area contributed by atoms with Gasteiger partial charge in [-0.05, 0) is 50.7 Å². The molecule has 0 aliphatic carbocycles. The van der Waals surface area contributed by atoms with Crippen molar-refractivity contribution in [3.8, 4) is 11.3 Å². The maximum Gasteiger partial charge on any atom is 0.155 e. The third-order valence-electron chi connectivity index (χ3n) is 4.57. The van der Waals surface area contributed by atoms with Gasteiger partial charge < -0.3 is 5.73 Å². The van der Waals surface area contributed by atoms with Gasteiger partial charge in [0, 0.05) is 18.4 Å². The van der Waals surface area contributed by atoms with Crippen molar-refractivity contribution in [2.24, 2.45) is 0 Å². The summed E-state index contributed by atoms with van der Waals surface area (Å²) in [5.74, 6) is 0.101. The molecule has 1 aromatic carbocycles. The van der Waals surface area contributed by atoms with Crippen LogP contribution in [0.4, 0.5) is 10.2 Å². The summed E-state index contributed by atoms with van der Waals surface area (Å²) < 4.78 is 13.0. The van der Waals surface area contributed by atoms with E-state index in [0.717, 1.165) is 19.4 Å². The molecular formula is C18H20ClFN4O. The Morgan fingerprint density at radius 1 is 1.36 bits per heavy atom. The molecule has 0 amide bonds. The molecule has 1 aliphatic rings. The largest absolute Gasteiger partial charge is 0.382 e. The van der Waals surface area contributed by atoms with E-state index >= 15 is 0 Å². The Balaban J connectivity index is 1.74. The van der Waals surface area contributed by atoms with Gasteiger partial charge in [0.05, 0.1) is 11.7 Å². The van der Waals surface area contributed by atoms with E-state index in [2.05, 4.69) is 14.9 Å². The number of hydrogen-bond acceptors (Lipinski definition) is 5. The van der Waals surface area contributed by atoms with Crippen LogP contribution in [0.15, 0.2) is 24.3 Å². The number of benzene rings is 1. The van der Waals surface area contributed by atoms with Gasteiger partial charge in [-0.15, -0.1) is 0 Å². The quantitative estimate of drug-likeness (QED) is 0.884. The Labute approximate surface area is 151 Å². The zero-order valence-electron chi connectivity index (χ0n) is 14.0. The van der Waals surface area contributed by atoms with Gasteiger partial charge in [-0.3, -0.25) is 9.69 Å². The average Bonchev–Trinajstić information content (AvgIpc) is 3.02. The first kappa shape index (κ1) is 17.8. The van der Waals surface area contributed by atoms with Gasteiger partial charge in [0.2, 0.25) is 0 Å². The highest BCUT2D eigenvalue weighted by Gasteiger charge is 2.27. The maximum atomic E-state index is 13.0. The summed E-state index contributed by atoms with van der Waals surface area (Å²) in [7, 11) is 1.97. The van der Waals surface area contributed by atoms with Gasteiger partial charge in [-0.2, -0.15) is 0 Å². The fraction of sp³-hybridized carbons (Fsp3) is 0.389. The number of likely N-dealkylation sites (tertiary alicyclic amines) is 1. The first-order valence-electron chi connectivity index (χ1n) is 8.26. The van der Waals surface area contributed by atoms with Crippen molar-refractivity contribution in [2.75, 3.05) is 19.3 Å². The van der Waals surface area contributed by atoms with Crippen LogP contribution in [-0.4, -0.2) is 40.3 Å². The second kappa shape index (κ2) is 7.45. The zero-order chi connectivity index (χ0) is 18.0. The molecule has 1 aromatic heterocycles. The van der Waals surface area contributed by atoms with Gasteiger partial charge in [-0.1, -0.05) is 11.6 Å². The highest BCUT2D eigenvalue weighted by Crippen LogP contribution is 2.27. The summed E-state index contributed by atoms with van der Waals surface area (Å²) in [5.41, 5.74) is 7.56. The molecule has 2 aromatic rings. The number of carbonyl (C=O) groups is 1. The number of carbonyl (C=O) groups excluding carboxylic acids is 1. The average molecular weight is 363 g/mol. The number of nitrogens with zero attached hydrogens (tertiary/aromatic N) is 3. The molecule has 132 valence electrons. The SMILES string of the molecule is CN1CCC[C@H]1C(=O)CCc1nc(Cl)c(-c2ccc(F)cc2)nc1N. The van der Waals surface area contributed by atoms with Crippen molar-refractivity contribution >= 4 is 23.2 Å². The van der Waals surface area contributed by atoms with E-state index in [9.17, 15) is 9.18 Å². The summed E-state index contributed by atoms with van der Waals surface area (Å²) in [4.78, 5) is 23.0. The van der Waals surface area contributed by atoms with Crippen LogP contribution in [0.25, 0.3) is 11.3 Å². The van der Waals surface area contributed by atoms with E-state index in [4.69, 9.17) is 17.3 Å². The standard InChI is InChI=1S/C18H20ClFN4O/c1-24-10-2-3-14(24)15(25)9-8-13-18(21)23-16(17(19)22-13)11-4-6-12(20)7-5-11/h4-7,14H,2-3,8-10H2,1H3,(H2,21,23)/t14-/m0/s1. The number of nitrogens with two attached hydrogens (primary N) is 1. The number of ketones is 1. The number of rotatable bonds is 5. The molecule has 2 heterocycles. The fourth-order valence-electron chi connectivity index (χ4n) is 3.16. The maximum absolute atomic E-state index is 13.0. The molecular weight excluding hydrogens is 343 g/mol. The first-order valence-corrected chi connectivity index (χ1v) is 8.64. The lowest BCUT2D eigenvalue weighted by molar-refractivity contribution is -0.122. The summed E-state index contributed by atoms with van der Waals surface area (Å²) in [6.07, 6.45) is 2.72. The molecule has 0 unspecified atom stereocenters. The third-order valence-corrected chi connectivity index (χ3v) is 4.84. The lowest BCUT2D eigenvalue weighted by atomic mass is 10.0. The number of likely N-dealkylation sites (N-methyl/N-ethyl adjacent to an activating group) is 1. The number of aryl methyl sites for hydroxylation is 1. The number of aromatic nitrogens is 2. The van der Waals surface area contributed by atoms with Crippen molar-refractivity contribution in [2.45, 2.75) is 31.7 Å². The van der Waals surface area contributed by atoms with E-state index in [1.54, 1.807) is 12.1 Å². The van der Waals surface area contributed by atoms with Gasteiger partial charge in [-0.25, -0.2) is 14.4 Å². The second-order valence-electron chi connectivity index (χ2n) is 6.31. The molecule has 0 radical (unpaired) electrons. The molecule has 1 saturated heterocycles. The van der Waals surface area contributed by atoms with Crippen molar-refractivity contribution in [1.29, 1.82) is 0 Å². The van der Waals surface area contributed by atoms with Gasteiger partial charge in [0.25, 0.3) is 0 Å². The van der Waals surface area contributed by atoms with Crippen LogP contribution in [0.3, 0.4) is 0 Å². The molecule has 0 saturated carbocycles. The minimum absolute atomic E-state index is 0.0110. The molecule has 25 heavy (non-hydrogen) atoms. The van der Waals surface area contributed by atoms with Crippen LogP contribution < -0.4 is 5.73 Å². The molecule has 3 rings (SSSR count). The highest BCUT2D eigenvalue weighted by molar-refractivity contribution is 6.31. The Bertz CT molecular complexity index is 781. The van der Waals surface area contributed by atoms with Crippen LogP contribution in [-0.2, 0) is 11.2 Å². The van der Waals surface area contributed by atoms with Crippen LogP contribution in [0.2, 0.25) is 5.15 Å². The minimum Gasteiger partial charge on any atom is -0.382 e. The molecule has 5 nitrogen and oxygen atoms in total. The Kier molecular flexibility index (Phi) is 5.30. The predicted octanol–water partition coefficient (Wildman–Crippen LogP) is 3.11. The highest BCUT2D eigenvalue weighted by atomic mass is 35.5. The first-order chi connectivity index (χ1) is 12.0. The predicted molar refractivity (Wildman–Crippen MR) is 95.8 cm³/mol. The summed E-state index contributed by atoms with van der Waals surface area (Å²) in [6, 6.07) is 5.79. The number of nitrogen functional groups attached to an aromatic ring is 1. The van der Waals surface area contributed by atoms with Crippen LogP contribution >= 0.6 is 11.6 Å². The van der Waals surface area contributed by atoms with E-state index in [0.29, 0.717) is 29.8 Å². The van der Waals surface area contributed by atoms with E-state index in [-0.39, 0.29) is 28.6 Å². The fourth-order valence-corrected chi connectivity index (χ4v) is 3.41.